The molecular formula is C19H26N4O3. The molecule has 0 unspecified atom stereocenters. The van der Waals surface area contributed by atoms with Crippen molar-refractivity contribution in [1.82, 2.24) is 20.6 Å². The number of aryl methyl sites for hydroxylation is 2. The SMILES string of the molecule is Cc1nn(C)c(C)c1C(=O)C(=O)NNC(=O)C12CC3CC(CC(C3)C1)C2. The van der Waals surface area contributed by atoms with E-state index in [-0.39, 0.29) is 11.3 Å². The fourth-order valence-electron chi connectivity index (χ4n) is 5.91. The van der Waals surface area contributed by atoms with Crippen molar-refractivity contribution in [2.45, 2.75) is 52.4 Å². The van der Waals surface area contributed by atoms with Crippen LogP contribution < -0.4 is 10.9 Å². The number of aromatic nitrogens is 2. The van der Waals surface area contributed by atoms with E-state index in [1.807, 2.05) is 0 Å². The maximum atomic E-state index is 12.8. The van der Waals surface area contributed by atoms with Gasteiger partial charge >= 0.3 is 5.91 Å². The van der Waals surface area contributed by atoms with Gasteiger partial charge in [-0.2, -0.15) is 5.10 Å². The number of amides is 2. The third-order valence-corrected chi connectivity index (χ3v) is 6.75. The molecule has 4 aliphatic rings. The molecule has 1 aromatic rings. The molecule has 4 saturated carbocycles. The van der Waals surface area contributed by atoms with Gasteiger partial charge in [0.15, 0.2) is 0 Å². The van der Waals surface area contributed by atoms with E-state index in [0.717, 1.165) is 19.3 Å². The lowest BCUT2D eigenvalue weighted by Gasteiger charge is -2.55. The van der Waals surface area contributed by atoms with E-state index in [4.69, 9.17) is 0 Å². The summed E-state index contributed by atoms with van der Waals surface area (Å²) in [4.78, 5) is 37.6. The highest BCUT2D eigenvalue weighted by Crippen LogP contribution is 2.60. The number of carbonyl (C=O) groups is 3. The highest BCUT2D eigenvalue weighted by Gasteiger charge is 2.54. The van der Waals surface area contributed by atoms with Crippen LogP contribution in [0.1, 0.15) is 60.3 Å². The molecule has 4 aliphatic carbocycles. The quantitative estimate of drug-likeness (QED) is 0.487. The van der Waals surface area contributed by atoms with E-state index in [9.17, 15) is 14.4 Å². The molecule has 7 nitrogen and oxygen atoms in total. The van der Waals surface area contributed by atoms with E-state index >= 15 is 0 Å². The number of Topliss-reactive ketones (excluding diaryl/α,β-unsaturated/α-hetero) is 1. The highest BCUT2D eigenvalue weighted by atomic mass is 16.2. The van der Waals surface area contributed by atoms with Crippen LogP contribution in [0.3, 0.4) is 0 Å². The number of hydrogen-bond donors (Lipinski definition) is 2. The van der Waals surface area contributed by atoms with Crippen molar-refractivity contribution >= 4 is 17.6 Å². The maximum absolute atomic E-state index is 12.8. The van der Waals surface area contributed by atoms with E-state index in [2.05, 4.69) is 16.0 Å². The number of nitrogens with zero attached hydrogens (tertiary/aromatic N) is 2. The van der Waals surface area contributed by atoms with Crippen molar-refractivity contribution in [3.8, 4) is 0 Å². The Morgan fingerprint density at radius 1 is 1.00 bits per heavy atom. The lowest BCUT2D eigenvalue weighted by atomic mass is 9.49. The summed E-state index contributed by atoms with van der Waals surface area (Å²) in [5.74, 6) is 0.318. The normalized spacial score (nSPS) is 31.7. The Bertz CT molecular complexity index is 760. The fourth-order valence-corrected chi connectivity index (χ4v) is 5.91. The Labute approximate surface area is 152 Å². The van der Waals surface area contributed by atoms with Gasteiger partial charge in [-0.25, -0.2) is 0 Å². The lowest BCUT2D eigenvalue weighted by Crippen LogP contribution is -2.57. The molecule has 2 amide bonds. The first kappa shape index (κ1) is 17.2. The van der Waals surface area contributed by atoms with Gasteiger partial charge in [-0.15, -0.1) is 0 Å². The van der Waals surface area contributed by atoms with Gasteiger partial charge in [0.25, 0.3) is 5.78 Å². The first-order chi connectivity index (χ1) is 12.3. The zero-order valence-electron chi connectivity index (χ0n) is 15.6. The van der Waals surface area contributed by atoms with E-state index in [1.54, 1.807) is 25.6 Å². The monoisotopic (exact) mass is 358 g/mol. The largest absolute Gasteiger partial charge is 0.310 e. The van der Waals surface area contributed by atoms with Crippen LogP contribution in [-0.4, -0.2) is 27.4 Å². The van der Waals surface area contributed by atoms with Gasteiger partial charge in [0.2, 0.25) is 5.91 Å². The average Bonchev–Trinajstić information content (AvgIpc) is 2.82. The minimum Gasteiger partial charge on any atom is -0.283 e. The summed E-state index contributed by atoms with van der Waals surface area (Å²) in [7, 11) is 1.73. The number of hydrazine groups is 1. The van der Waals surface area contributed by atoms with Crippen molar-refractivity contribution < 1.29 is 14.4 Å². The van der Waals surface area contributed by atoms with Crippen LogP contribution in [0.25, 0.3) is 0 Å². The second-order valence-electron chi connectivity index (χ2n) is 8.60. The van der Waals surface area contributed by atoms with Gasteiger partial charge in [0.05, 0.1) is 16.7 Å². The molecule has 4 fully saturated rings. The third-order valence-electron chi connectivity index (χ3n) is 6.75. The van der Waals surface area contributed by atoms with Crippen molar-refractivity contribution in [3.05, 3.63) is 17.0 Å². The number of hydrogen-bond acceptors (Lipinski definition) is 4. The molecule has 0 aromatic carbocycles. The van der Waals surface area contributed by atoms with Crippen molar-refractivity contribution in [2.75, 3.05) is 0 Å². The molecule has 5 rings (SSSR count). The van der Waals surface area contributed by atoms with Gasteiger partial charge in [0, 0.05) is 12.7 Å². The van der Waals surface area contributed by atoms with Crippen LogP contribution in [0, 0.1) is 37.0 Å². The highest BCUT2D eigenvalue weighted by molar-refractivity contribution is 6.43. The first-order valence-corrected chi connectivity index (χ1v) is 9.44. The smallest absolute Gasteiger partial charge is 0.283 e. The first-order valence-electron chi connectivity index (χ1n) is 9.44. The molecule has 1 aromatic heterocycles. The molecule has 4 bridgehead atoms. The number of nitrogens with one attached hydrogen (secondary N) is 2. The summed E-state index contributed by atoms with van der Waals surface area (Å²) >= 11 is 0. The van der Waals surface area contributed by atoms with E-state index in [1.165, 1.54) is 19.3 Å². The topological polar surface area (TPSA) is 93.1 Å². The van der Waals surface area contributed by atoms with Crippen LogP contribution in [0.4, 0.5) is 0 Å². The minimum absolute atomic E-state index is 0.127. The minimum atomic E-state index is -0.817. The third kappa shape index (κ3) is 2.64. The number of carbonyl (C=O) groups excluding carboxylic acids is 3. The summed E-state index contributed by atoms with van der Waals surface area (Å²) in [6, 6.07) is 0. The molecule has 7 heteroatoms. The van der Waals surface area contributed by atoms with Gasteiger partial charge in [-0.1, -0.05) is 0 Å². The molecule has 0 atom stereocenters. The second-order valence-corrected chi connectivity index (χ2v) is 8.60. The Balaban J connectivity index is 1.42. The van der Waals surface area contributed by atoms with Gasteiger partial charge in [-0.05, 0) is 70.1 Å². The summed E-state index contributed by atoms with van der Waals surface area (Å²) < 4.78 is 1.57. The summed E-state index contributed by atoms with van der Waals surface area (Å²) in [6.45, 7) is 3.44. The molecular weight excluding hydrogens is 332 g/mol. The van der Waals surface area contributed by atoms with E-state index in [0.29, 0.717) is 34.7 Å². The van der Waals surface area contributed by atoms with Gasteiger partial charge < -0.3 is 0 Å². The van der Waals surface area contributed by atoms with Crippen molar-refractivity contribution in [1.29, 1.82) is 0 Å². The van der Waals surface area contributed by atoms with Gasteiger partial charge in [0.1, 0.15) is 0 Å². The summed E-state index contributed by atoms with van der Waals surface area (Å²) in [5.41, 5.74) is 5.98. The number of ketones is 1. The Morgan fingerprint density at radius 3 is 2.00 bits per heavy atom. The second kappa shape index (κ2) is 5.93. The van der Waals surface area contributed by atoms with Crippen LogP contribution in [0.15, 0.2) is 0 Å². The molecule has 1 heterocycles. The molecule has 0 saturated heterocycles. The fraction of sp³-hybridized carbons (Fsp3) is 0.684. The van der Waals surface area contributed by atoms with Gasteiger partial charge in [-0.3, -0.25) is 29.9 Å². The van der Waals surface area contributed by atoms with Crippen LogP contribution in [0.5, 0.6) is 0 Å². The Hall–Kier alpha value is -2.18. The predicted molar refractivity (Wildman–Crippen MR) is 93.9 cm³/mol. The lowest BCUT2D eigenvalue weighted by molar-refractivity contribution is -0.148. The van der Waals surface area contributed by atoms with Crippen LogP contribution >= 0.6 is 0 Å². The molecule has 2 N–H and O–H groups in total. The van der Waals surface area contributed by atoms with Crippen molar-refractivity contribution in [2.24, 2.45) is 30.2 Å². The summed E-state index contributed by atoms with van der Waals surface area (Å²) in [6.07, 6.45) is 6.48. The molecule has 0 aliphatic heterocycles. The Kier molecular flexibility index (Phi) is 3.93. The Morgan fingerprint density at radius 2 is 1.54 bits per heavy atom. The molecule has 140 valence electrons. The molecule has 0 radical (unpaired) electrons. The molecule has 26 heavy (non-hydrogen) atoms. The standard InChI is InChI=1S/C19H26N4O3/c1-10-15(11(2)23(3)22-10)16(24)17(25)20-21-18(26)19-7-12-4-13(8-19)6-14(5-12)9-19/h12-14H,4-9H2,1-3H3,(H,20,25)(H,21,26). The maximum Gasteiger partial charge on any atom is 0.310 e. The van der Waals surface area contributed by atoms with Crippen molar-refractivity contribution in [3.63, 3.8) is 0 Å². The predicted octanol–water partition coefficient (Wildman–Crippen LogP) is 1.58. The van der Waals surface area contributed by atoms with Crippen LogP contribution in [-0.2, 0) is 16.6 Å². The average molecular weight is 358 g/mol. The zero-order valence-corrected chi connectivity index (χ0v) is 15.6. The van der Waals surface area contributed by atoms with Crippen LogP contribution in [0.2, 0.25) is 0 Å². The van der Waals surface area contributed by atoms with E-state index < -0.39 is 11.7 Å². The summed E-state index contributed by atoms with van der Waals surface area (Å²) in [5, 5.41) is 4.16. The number of rotatable bonds is 3. The zero-order chi connectivity index (χ0) is 18.6. The molecule has 0 spiro atoms.